The number of fused-ring (bicyclic) bond motifs is 2. The van der Waals surface area contributed by atoms with Gasteiger partial charge in [-0.3, -0.25) is 14.9 Å². The lowest BCUT2D eigenvalue weighted by Crippen LogP contribution is -2.38. The van der Waals surface area contributed by atoms with E-state index in [0.717, 1.165) is 31.2 Å². The summed E-state index contributed by atoms with van der Waals surface area (Å²) in [6.07, 6.45) is 4.24. The molecule has 2 bridgehead atoms. The van der Waals surface area contributed by atoms with E-state index in [2.05, 4.69) is 0 Å². The molecule has 2 aliphatic carbocycles. The van der Waals surface area contributed by atoms with E-state index in [1.807, 2.05) is 0 Å². The summed E-state index contributed by atoms with van der Waals surface area (Å²) in [6, 6.07) is 6.38. The maximum atomic E-state index is 11.8. The van der Waals surface area contributed by atoms with Crippen molar-refractivity contribution in [2.45, 2.75) is 32.1 Å². The van der Waals surface area contributed by atoms with Gasteiger partial charge in [0.15, 0.2) is 0 Å². The quantitative estimate of drug-likeness (QED) is 0.676. The van der Waals surface area contributed by atoms with Gasteiger partial charge in [-0.25, -0.2) is 0 Å². The van der Waals surface area contributed by atoms with Crippen LogP contribution in [0.25, 0.3) is 0 Å². The molecular weight excluding hydrogens is 258 g/mol. The van der Waals surface area contributed by atoms with Crippen LogP contribution in [0.5, 0.6) is 0 Å². The number of nitro benzene ring substituents is 1. The van der Waals surface area contributed by atoms with Crippen molar-refractivity contribution in [1.29, 1.82) is 0 Å². The Morgan fingerprint density at radius 2 is 2.25 bits per heavy atom. The lowest BCUT2D eigenvalue weighted by atomic mass is 9.69. The van der Waals surface area contributed by atoms with E-state index in [0.29, 0.717) is 12.3 Å². The number of nitrogens with zero attached hydrogens (tertiary/aromatic N) is 1. The van der Waals surface area contributed by atoms with Crippen molar-refractivity contribution in [3.05, 3.63) is 39.9 Å². The Morgan fingerprint density at radius 3 is 2.80 bits per heavy atom. The Hall–Kier alpha value is -1.91. The molecular formula is C15H17NO4. The van der Waals surface area contributed by atoms with Gasteiger partial charge >= 0.3 is 5.97 Å². The highest BCUT2D eigenvalue weighted by molar-refractivity contribution is 5.76. The van der Waals surface area contributed by atoms with E-state index in [4.69, 9.17) is 0 Å². The van der Waals surface area contributed by atoms with Crippen LogP contribution in [-0.4, -0.2) is 16.0 Å². The standard InChI is InChI=1S/C15H17NO4/c17-14(18)15(9-11-4-5-12(15)6-11)8-10-2-1-3-13(7-10)16(19)20/h1-3,7,11-12H,4-6,8-9H2,(H,17,18). The minimum Gasteiger partial charge on any atom is -0.481 e. The average Bonchev–Trinajstić information content (AvgIpc) is 3.00. The SMILES string of the molecule is O=C(O)C1(Cc2cccc([N+](=O)[O-])c2)CC2CCC1C2. The second kappa shape index (κ2) is 4.58. The van der Waals surface area contributed by atoms with Crippen LogP contribution >= 0.6 is 0 Å². The third kappa shape index (κ3) is 1.97. The molecule has 0 radical (unpaired) electrons. The van der Waals surface area contributed by atoms with Crippen molar-refractivity contribution in [2.24, 2.45) is 17.3 Å². The molecule has 0 aliphatic heterocycles. The van der Waals surface area contributed by atoms with Crippen LogP contribution in [0.15, 0.2) is 24.3 Å². The zero-order chi connectivity index (χ0) is 14.3. The summed E-state index contributed by atoms with van der Waals surface area (Å²) in [6.45, 7) is 0. The molecule has 20 heavy (non-hydrogen) atoms. The van der Waals surface area contributed by atoms with Crippen LogP contribution in [0.1, 0.15) is 31.2 Å². The minimum atomic E-state index is -0.740. The zero-order valence-electron chi connectivity index (χ0n) is 11.1. The summed E-state index contributed by atoms with van der Waals surface area (Å²) >= 11 is 0. The van der Waals surface area contributed by atoms with Crippen LogP contribution < -0.4 is 0 Å². The lowest BCUT2D eigenvalue weighted by molar-refractivity contribution is -0.384. The van der Waals surface area contributed by atoms with Gasteiger partial charge in [0.1, 0.15) is 0 Å². The predicted molar refractivity (Wildman–Crippen MR) is 72.3 cm³/mol. The summed E-state index contributed by atoms with van der Waals surface area (Å²) < 4.78 is 0. The van der Waals surface area contributed by atoms with Gasteiger partial charge in [-0.15, -0.1) is 0 Å². The van der Waals surface area contributed by atoms with Gasteiger partial charge in [-0.1, -0.05) is 18.6 Å². The fraction of sp³-hybridized carbons (Fsp3) is 0.533. The van der Waals surface area contributed by atoms with E-state index >= 15 is 0 Å². The van der Waals surface area contributed by atoms with Gasteiger partial charge < -0.3 is 5.11 Å². The van der Waals surface area contributed by atoms with Crippen molar-refractivity contribution in [1.82, 2.24) is 0 Å². The lowest BCUT2D eigenvalue weighted by Gasteiger charge is -2.33. The zero-order valence-corrected chi connectivity index (χ0v) is 11.1. The number of nitro groups is 1. The van der Waals surface area contributed by atoms with Crippen LogP contribution in [0.2, 0.25) is 0 Å². The Balaban J connectivity index is 1.90. The number of benzene rings is 1. The molecule has 0 saturated heterocycles. The largest absolute Gasteiger partial charge is 0.481 e. The number of aliphatic carboxylic acids is 1. The van der Waals surface area contributed by atoms with Gasteiger partial charge in [-0.2, -0.15) is 0 Å². The summed E-state index contributed by atoms with van der Waals surface area (Å²) in [4.78, 5) is 22.2. The van der Waals surface area contributed by atoms with Gasteiger partial charge in [0.05, 0.1) is 10.3 Å². The first-order valence-electron chi connectivity index (χ1n) is 6.98. The van der Waals surface area contributed by atoms with E-state index in [-0.39, 0.29) is 11.6 Å². The normalized spacial score (nSPS) is 31.4. The molecule has 0 heterocycles. The first-order chi connectivity index (χ1) is 9.51. The highest BCUT2D eigenvalue weighted by Crippen LogP contribution is 2.57. The van der Waals surface area contributed by atoms with Gasteiger partial charge in [0.2, 0.25) is 0 Å². The third-order valence-corrected chi connectivity index (χ3v) is 5.04. The Morgan fingerprint density at radius 1 is 1.45 bits per heavy atom. The molecule has 2 aliphatic rings. The maximum absolute atomic E-state index is 11.8. The number of hydrogen-bond acceptors (Lipinski definition) is 3. The summed E-state index contributed by atoms with van der Waals surface area (Å²) in [5, 5.41) is 20.5. The Kier molecular flexibility index (Phi) is 3.00. The molecule has 2 saturated carbocycles. The highest BCUT2D eigenvalue weighted by Gasteiger charge is 2.55. The number of carboxylic acids is 1. The second-order valence-corrected chi connectivity index (χ2v) is 6.15. The number of rotatable bonds is 4. The first-order valence-corrected chi connectivity index (χ1v) is 6.98. The monoisotopic (exact) mass is 275 g/mol. The van der Waals surface area contributed by atoms with Crippen LogP contribution in [0, 0.1) is 27.4 Å². The molecule has 5 nitrogen and oxygen atoms in total. The molecule has 1 aromatic rings. The molecule has 3 unspecified atom stereocenters. The molecule has 0 spiro atoms. The molecule has 1 N–H and O–H groups in total. The third-order valence-electron chi connectivity index (χ3n) is 5.04. The molecule has 0 aromatic heterocycles. The molecule has 3 atom stereocenters. The molecule has 1 aromatic carbocycles. The number of non-ortho nitro benzene ring substituents is 1. The van der Waals surface area contributed by atoms with Crippen LogP contribution in [0.3, 0.4) is 0 Å². The van der Waals surface area contributed by atoms with Crippen molar-refractivity contribution in [3.8, 4) is 0 Å². The van der Waals surface area contributed by atoms with Crippen LogP contribution in [0.4, 0.5) is 5.69 Å². The van der Waals surface area contributed by atoms with E-state index < -0.39 is 16.3 Å². The molecule has 0 amide bonds. The highest BCUT2D eigenvalue weighted by atomic mass is 16.6. The summed E-state index contributed by atoms with van der Waals surface area (Å²) in [7, 11) is 0. The van der Waals surface area contributed by atoms with Gasteiger partial charge in [-0.05, 0) is 43.1 Å². The first kappa shape index (κ1) is 13.1. The van der Waals surface area contributed by atoms with E-state index in [1.54, 1.807) is 12.1 Å². The van der Waals surface area contributed by atoms with Crippen molar-refractivity contribution < 1.29 is 14.8 Å². The molecule has 106 valence electrons. The smallest absolute Gasteiger partial charge is 0.310 e. The molecule has 5 heteroatoms. The molecule has 3 rings (SSSR count). The van der Waals surface area contributed by atoms with Crippen molar-refractivity contribution in [2.75, 3.05) is 0 Å². The fourth-order valence-corrected chi connectivity index (χ4v) is 4.14. The van der Waals surface area contributed by atoms with E-state index in [9.17, 15) is 20.0 Å². The molecule has 2 fully saturated rings. The van der Waals surface area contributed by atoms with Gasteiger partial charge in [0.25, 0.3) is 5.69 Å². The second-order valence-electron chi connectivity index (χ2n) is 6.15. The van der Waals surface area contributed by atoms with E-state index in [1.165, 1.54) is 12.1 Å². The van der Waals surface area contributed by atoms with Crippen LogP contribution in [-0.2, 0) is 11.2 Å². The number of hydrogen-bond donors (Lipinski definition) is 1. The predicted octanol–water partition coefficient (Wildman–Crippen LogP) is 3.03. The number of carbonyl (C=O) groups is 1. The topological polar surface area (TPSA) is 80.4 Å². The summed E-state index contributed by atoms with van der Waals surface area (Å²) in [5.41, 5.74) is 0.0818. The fourth-order valence-electron chi connectivity index (χ4n) is 4.14. The van der Waals surface area contributed by atoms with Gasteiger partial charge in [0, 0.05) is 12.1 Å². The van der Waals surface area contributed by atoms with Crippen molar-refractivity contribution >= 4 is 11.7 Å². The number of carboxylic acid groups (broad SMARTS) is 1. The minimum absolute atomic E-state index is 0.0335. The summed E-state index contributed by atoms with van der Waals surface area (Å²) in [5.74, 6) is 0.00951. The Labute approximate surface area is 116 Å². The average molecular weight is 275 g/mol. The maximum Gasteiger partial charge on any atom is 0.310 e. The Bertz CT molecular complexity index is 571. The van der Waals surface area contributed by atoms with Crippen molar-refractivity contribution in [3.63, 3.8) is 0 Å².